The molecule has 8 heteroatoms. The Morgan fingerprint density at radius 1 is 1.27 bits per heavy atom. The van der Waals surface area contributed by atoms with Crippen molar-refractivity contribution >= 4 is 17.5 Å². The predicted molar refractivity (Wildman–Crippen MR) is 93.0 cm³/mol. The van der Waals surface area contributed by atoms with E-state index in [1.165, 1.54) is 17.0 Å². The number of nitrogens with one attached hydrogen (secondary N) is 1. The van der Waals surface area contributed by atoms with Crippen LogP contribution >= 0.6 is 0 Å². The molecule has 1 aromatic heterocycles. The average Bonchev–Trinajstić information content (AvgIpc) is 2.84. The fourth-order valence-electron chi connectivity index (χ4n) is 3.14. The number of carbonyl (C=O) groups excluding carboxylic acids is 2. The Morgan fingerprint density at radius 3 is 2.50 bits per heavy atom. The van der Waals surface area contributed by atoms with Crippen molar-refractivity contribution in [2.24, 2.45) is 7.05 Å². The molecular weight excluding hydrogens is 339 g/mol. The first-order chi connectivity index (χ1) is 12.3. The molecule has 0 radical (unpaired) electrons. The summed E-state index contributed by atoms with van der Waals surface area (Å²) in [6.45, 7) is 3.47. The second-order valence-corrected chi connectivity index (χ2v) is 6.39. The van der Waals surface area contributed by atoms with Gasteiger partial charge < -0.3 is 15.0 Å². The fraction of sp³-hybridized carbons (Fsp3) is 0.389. The smallest absolute Gasteiger partial charge is 0.256 e. The highest BCUT2D eigenvalue weighted by Gasteiger charge is 2.40. The summed E-state index contributed by atoms with van der Waals surface area (Å²) in [5.41, 5.74) is 2.76. The molecule has 2 atom stereocenters. The van der Waals surface area contributed by atoms with Crippen molar-refractivity contribution in [2.75, 3.05) is 19.0 Å². The van der Waals surface area contributed by atoms with Crippen LogP contribution < -0.4 is 5.32 Å². The Morgan fingerprint density at radius 2 is 1.92 bits per heavy atom. The van der Waals surface area contributed by atoms with Gasteiger partial charge in [-0.2, -0.15) is 5.10 Å². The van der Waals surface area contributed by atoms with Crippen LogP contribution in [0.15, 0.2) is 24.3 Å². The summed E-state index contributed by atoms with van der Waals surface area (Å²) >= 11 is 0. The monoisotopic (exact) mass is 360 g/mol. The van der Waals surface area contributed by atoms with Crippen LogP contribution in [0.2, 0.25) is 0 Å². The van der Waals surface area contributed by atoms with Crippen molar-refractivity contribution in [2.45, 2.75) is 26.0 Å². The first-order valence-corrected chi connectivity index (χ1v) is 8.23. The third kappa shape index (κ3) is 3.20. The molecule has 2 aromatic rings. The molecule has 2 amide bonds. The minimum absolute atomic E-state index is 0.183. The van der Waals surface area contributed by atoms with E-state index in [0.717, 1.165) is 5.69 Å². The molecule has 138 valence electrons. The number of amides is 2. The summed E-state index contributed by atoms with van der Waals surface area (Å²) in [7, 11) is 3.41. The molecule has 3 rings (SSSR count). The molecular formula is C18H21FN4O3. The predicted octanol–water partition coefficient (Wildman–Crippen LogP) is 1.71. The SMILES string of the molecule is Cc1nn(C)c(C)c1NC(=O)[C@@H]1OCC(=O)N(C)[C@H]1c1ccc(F)cc1. The lowest BCUT2D eigenvalue weighted by Crippen LogP contribution is -2.51. The number of morpholine rings is 1. The number of hydrogen-bond acceptors (Lipinski definition) is 4. The number of aryl methyl sites for hydroxylation is 2. The quantitative estimate of drug-likeness (QED) is 0.904. The molecule has 0 spiro atoms. The average molecular weight is 360 g/mol. The number of halogens is 1. The van der Waals surface area contributed by atoms with E-state index in [2.05, 4.69) is 10.4 Å². The molecule has 1 aromatic carbocycles. The van der Waals surface area contributed by atoms with E-state index in [4.69, 9.17) is 4.74 Å². The second-order valence-electron chi connectivity index (χ2n) is 6.39. The number of nitrogens with zero attached hydrogens (tertiary/aromatic N) is 3. The highest BCUT2D eigenvalue weighted by molar-refractivity contribution is 5.97. The molecule has 0 aliphatic carbocycles. The summed E-state index contributed by atoms with van der Waals surface area (Å²) in [5, 5.41) is 7.13. The number of hydrogen-bond donors (Lipinski definition) is 1. The van der Waals surface area contributed by atoms with Crippen molar-refractivity contribution in [1.82, 2.24) is 14.7 Å². The lowest BCUT2D eigenvalue weighted by molar-refractivity contribution is -0.160. The molecule has 1 aliphatic rings. The lowest BCUT2D eigenvalue weighted by atomic mass is 9.97. The van der Waals surface area contributed by atoms with Crippen LogP contribution in [0.3, 0.4) is 0 Å². The van der Waals surface area contributed by atoms with E-state index >= 15 is 0 Å². The molecule has 0 unspecified atom stereocenters. The van der Waals surface area contributed by atoms with Crippen LogP contribution in [0, 0.1) is 19.7 Å². The number of benzene rings is 1. The van der Waals surface area contributed by atoms with Gasteiger partial charge in [0.05, 0.1) is 23.1 Å². The van der Waals surface area contributed by atoms with E-state index in [9.17, 15) is 14.0 Å². The lowest BCUT2D eigenvalue weighted by Gasteiger charge is -2.38. The number of likely N-dealkylation sites (N-methyl/N-ethyl adjacent to an activating group) is 1. The second kappa shape index (κ2) is 6.87. The highest BCUT2D eigenvalue weighted by atomic mass is 19.1. The molecule has 1 aliphatic heterocycles. The van der Waals surface area contributed by atoms with Crippen LogP contribution in [0.25, 0.3) is 0 Å². The van der Waals surface area contributed by atoms with Crippen molar-refractivity contribution in [3.63, 3.8) is 0 Å². The highest BCUT2D eigenvalue weighted by Crippen LogP contribution is 2.30. The van der Waals surface area contributed by atoms with Crippen molar-refractivity contribution in [3.8, 4) is 0 Å². The molecule has 1 fully saturated rings. The topological polar surface area (TPSA) is 76.5 Å². The van der Waals surface area contributed by atoms with Crippen LogP contribution in [-0.4, -0.2) is 46.3 Å². The van der Waals surface area contributed by atoms with Crippen molar-refractivity contribution < 1.29 is 18.7 Å². The van der Waals surface area contributed by atoms with E-state index in [1.54, 1.807) is 37.8 Å². The van der Waals surface area contributed by atoms with Crippen LogP contribution in [0.4, 0.5) is 10.1 Å². The van der Waals surface area contributed by atoms with Gasteiger partial charge in [0.15, 0.2) is 6.10 Å². The summed E-state index contributed by atoms with van der Waals surface area (Å²) in [6, 6.07) is 5.06. The summed E-state index contributed by atoms with van der Waals surface area (Å²) in [5.74, 6) is -1.00. The molecule has 7 nitrogen and oxygen atoms in total. The Bertz CT molecular complexity index is 847. The van der Waals surface area contributed by atoms with Gasteiger partial charge in [0, 0.05) is 14.1 Å². The van der Waals surface area contributed by atoms with Crippen LogP contribution in [0.5, 0.6) is 0 Å². The normalized spacial score (nSPS) is 20.3. The molecule has 26 heavy (non-hydrogen) atoms. The molecule has 0 bridgehead atoms. The zero-order chi connectivity index (χ0) is 19.0. The van der Waals surface area contributed by atoms with Gasteiger partial charge >= 0.3 is 0 Å². The Kier molecular flexibility index (Phi) is 4.78. The Labute approximate surface area is 150 Å². The summed E-state index contributed by atoms with van der Waals surface area (Å²) in [4.78, 5) is 26.4. The standard InChI is InChI=1S/C18H21FN4O3/c1-10-15(11(2)23(4)21-10)20-18(25)17-16(22(3)14(24)9-26-17)12-5-7-13(19)8-6-12/h5-8,16-17H,9H2,1-4H3,(H,20,25)/t16-,17+/m0/s1. The summed E-state index contributed by atoms with van der Waals surface area (Å²) in [6.07, 6.45) is -0.915. The largest absolute Gasteiger partial charge is 0.356 e. The van der Waals surface area contributed by atoms with E-state index in [-0.39, 0.29) is 24.2 Å². The van der Waals surface area contributed by atoms with Crippen LogP contribution in [0.1, 0.15) is 23.0 Å². The fourth-order valence-corrected chi connectivity index (χ4v) is 3.14. The molecule has 2 heterocycles. The maximum atomic E-state index is 13.3. The first kappa shape index (κ1) is 18.1. The van der Waals surface area contributed by atoms with Gasteiger partial charge in [0.1, 0.15) is 12.4 Å². The van der Waals surface area contributed by atoms with Gasteiger partial charge in [-0.15, -0.1) is 0 Å². The van der Waals surface area contributed by atoms with E-state index in [1.807, 2.05) is 6.92 Å². The van der Waals surface area contributed by atoms with Gasteiger partial charge in [-0.25, -0.2) is 4.39 Å². The first-order valence-electron chi connectivity index (χ1n) is 8.23. The summed E-state index contributed by atoms with van der Waals surface area (Å²) < 4.78 is 20.5. The van der Waals surface area contributed by atoms with Crippen molar-refractivity contribution in [1.29, 1.82) is 0 Å². The van der Waals surface area contributed by atoms with Gasteiger partial charge in [-0.05, 0) is 31.5 Å². The Balaban J connectivity index is 1.91. The van der Waals surface area contributed by atoms with Crippen LogP contribution in [-0.2, 0) is 21.4 Å². The number of aromatic nitrogens is 2. The van der Waals surface area contributed by atoms with Gasteiger partial charge in [-0.3, -0.25) is 14.3 Å². The number of carbonyl (C=O) groups is 2. The maximum absolute atomic E-state index is 13.3. The number of rotatable bonds is 3. The van der Waals surface area contributed by atoms with Gasteiger partial charge in [0.2, 0.25) is 5.91 Å². The zero-order valence-electron chi connectivity index (χ0n) is 15.1. The number of ether oxygens (including phenoxy) is 1. The molecule has 0 saturated carbocycles. The maximum Gasteiger partial charge on any atom is 0.256 e. The zero-order valence-corrected chi connectivity index (χ0v) is 15.1. The minimum Gasteiger partial charge on any atom is -0.356 e. The van der Waals surface area contributed by atoms with E-state index in [0.29, 0.717) is 16.9 Å². The van der Waals surface area contributed by atoms with Crippen molar-refractivity contribution in [3.05, 3.63) is 47.0 Å². The number of anilines is 1. The third-order valence-corrected chi connectivity index (χ3v) is 4.71. The third-order valence-electron chi connectivity index (χ3n) is 4.71. The molecule has 1 saturated heterocycles. The minimum atomic E-state index is -0.915. The van der Waals surface area contributed by atoms with E-state index < -0.39 is 12.1 Å². The Hall–Kier alpha value is -2.74. The molecule has 1 N–H and O–H groups in total. The van der Waals surface area contributed by atoms with Gasteiger partial charge in [-0.1, -0.05) is 12.1 Å². The van der Waals surface area contributed by atoms with Gasteiger partial charge in [0.25, 0.3) is 5.91 Å².